The Hall–Kier alpha value is -2.82. The molecule has 0 aliphatic carbocycles. The van der Waals surface area contributed by atoms with Crippen molar-refractivity contribution >= 4 is 39.8 Å². The number of rotatable bonds is 3. The number of hydrogen-bond donors (Lipinski definition) is 1. The molecule has 0 atom stereocenters. The van der Waals surface area contributed by atoms with Crippen LogP contribution < -0.4 is 22.3 Å². The van der Waals surface area contributed by atoms with Crippen LogP contribution in [-0.4, -0.2) is 16.7 Å². The number of thioether (sulfide) groups is 1. The van der Waals surface area contributed by atoms with E-state index in [0.29, 0.717) is 5.75 Å². The van der Waals surface area contributed by atoms with Gasteiger partial charge < -0.3 is 12.4 Å². The molecule has 1 amide bonds. The number of nitrogens with zero attached hydrogens (tertiary/aromatic N) is 1. The highest BCUT2D eigenvalue weighted by Gasteiger charge is 2.27. The predicted octanol–water partition coefficient (Wildman–Crippen LogP) is 0.931. The number of anilines is 1. The third-order valence-corrected chi connectivity index (χ3v) is 5.43. The molecular weight excluding hydrogens is 400 g/mol. The lowest BCUT2D eigenvalue weighted by molar-refractivity contribution is -0.348. The largest absolute Gasteiger partial charge is 1.00 e. The Kier molecular flexibility index (Phi) is 6.91. The van der Waals surface area contributed by atoms with Crippen molar-refractivity contribution in [1.82, 2.24) is 0 Å². The number of hydrogen-bond acceptors (Lipinski definition) is 2. The van der Waals surface area contributed by atoms with Crippen molar-refractivity contribution < 1.29 is 22.2 Å². The normalized spacial score (nSPS) is 15.5. The van der Waals surface area contributed by atoms with Crippen LogP contribution in [0.3, 0.4) is 0 Å². The first-order valence-corrected chi connectivity index (χ1v) is 10.2. The maximum Gasteiger partial charge on any atom is 0.242 e. The minimum atomic E-state index is 0. The van der Waals surface area contributed by atoms with E-state index in [4.69, 9.17) is 0 Å². The van der Waals surface area contributed by atoms with Gasteiger partial charge in [0, 0.05) is 23.9 Å². The van der Waals surface area contributed by atoms with Crippen molar-refractivity contribution in [3.8, 4) is 0 Å². The number of halogens is 1. The second kappa shape index (κ2) is 9.59. The number of para-hydroxylation sites is 2. The summed E-state index contributed by atoms with van der Waals surface area (Å²) >= 11 is 1.52. The fourth-order valence-electron chi connectivity index (χ4n) is 3.10. The Morgan fingerprint density at radius 2 is 1.48 bits per heavy atom. The van der Waals surface area contributed by atoms with Crippen LogP contribution in [0.15, 0.2) is 91.0 Å². The smallest absolute Gasteiger partial charge is 0.242 e. The van der Waals surface area contributed by atoms with Crippen molar-refractivity contribution in [3.05, 3.63) is 102 Å². The highest BCUT2D eigenvalue weighted by Crippen LogP contribution is 2.30. The molecule has 0 aromatic heterocycles. The van der Waals surface area contributed by atoms with Gasteiger partial charge in [-0.15, -0.1) is 0 Å². The van der Waals surface area contributed by atoms with Crippen LogP contribution in [0.1, 0.15) is 11.1 Å². The van der Waals surface area contributed by atoms with Gasteiger partial charge in [0.15, 0.2) is 0 Å². The molecule has 1 heterocycles. The predicted molar refractivity (Wildman–Crippen MR) is 118 cm³/mol. The quantitative estimate of drug-likeness (QED) is 0.684. The maximum atomic E-state index is 13.1. The molecule has 1 aliphatic rings. The molecule has 5 heteroatoms. The number of carbonyl (C=O) groups excluding carboxylic acids is 1. The summed E-state index contributed by atoms with van der Waals surface area (Å²) in [4.78, 5) is 18.4. The van der Waals surface area contributed by atoms with Crippen LogP contribution in [0.5, 0.6) is 0 Å². The second-order valence-electron chi connectivity index (χ2n) is 6.60. The van der Waals surface area contributed by atoms with Crippen LogP contribution in [0.2, 0.25) is 0 Å². The van der Waals surface area contributed by atoms with Gasteiger partial charge in [-0.25, -0.2) is 0 Å². The minimum Gasteiger partial charge on any atom is -1.00 e. The van der Waals surface area contributed by atoms with Crippen LogP contribution in [0.4, 0.5) is 11.4 Å². The van der Waals surface area contributed by atoms with E-state index >= 15 is 0 Å². The van der Waals surface area contributed by atoms with Gasteiger partial charge in [-0.2, -0.15) is 4.99 Å². The number of carbonyl (C=O) groups is 1. The molecule has 29 heavy (non-hydrogen) atoms. The molecule has 0 fully saturated rings. The fourth-order valence-corrected chi connectivity index (χ4v) is 3.89. The van der Waals surface area contributed by atoms with E-state index in [9.17, 15) is 4.79 Å². The topological polar surface area (TPSA) is 34.3 Å². The summed E-state index contributed by atoms with van der Waals surface area (Å²) in [5.41, 5.74) is 4.96. The lowest BCUT2D eigenvalue weighted by atomic mass is 10.1. The lowest BCUT2D eigenvalue weighted by Crippen LogP contribution is -3.00. The van der Waals surface area contributed by atoms with Gasteiger partial charge in [0.1, 0.15) is 0 Å². The molecule has 0 radical (unpaired) electrons. The highest BCUT2D eigenvalue weighted by molar-refractivity contribution is 8.14. The number of nitrogens with one attached hydrogen (secondary N) is 1. The Balaban J connectivity index is 0.00000240. The lowest BCUT2D eigenvalue weighted by Gasteiger charge is -2.24. The molecule has 0 saturated carbocycles. The summed E-state index contributed by atoms with van der Waals surface area (Å²) in [5, 5.41) is 0.952. The third kappa shape index (κ3) is 4.97. The number of aryl methyl sites for hydroxylation is 1. The van der Waals surface area contributed by atoms with Gasteiger partial charge in [0.2, 0.25) is 16.6 Å². The van der Waals surface area contributed by atoms with Crippen molar-refractivity contribution in [2.24, 2.45) is 0 Å². The molecule has 1 aliphatic heterocycles. The van der Waals surface area contributed by atoms with Crippen molar-refractivity contribution in [2.45, 2.75) is 6.92 Å². The molecule has 146 valence electrons. The second-order valence-corrected chi connectivity index (χ2v) is 7.62. The Bertz CT molecular complexity index is 1030. The zero-order valence-corrected chi connectivity index (χ0v) is 17.6. The Labute approximate surface area is 181 Å². The van der Waals surface area contributed by atoms with Gasteiger partial charge in [-0.05, 0) is 36.4 Å². The molecule has 1 N–H and O–H groups in total. The maximum absolute atomic E-state index is 13.1. The molecule has 0 saturated heterocycles. The summed E-state index contributed by atoms with van der Waals surface area (Å²) in [7, 11) is 0. The highest BCUT2D eigenvalue weighted by atomic mass is 35.5. The van der Waals surface area contributed by atoms with Crippen LogP contribution >= 0.6 is 11.8 Å². The zero-order chi connectivity index (χ0) is 19.3. The first-order valence-electron chi connectivity index (χ1n) is 9.19. The van der Waals surface area contributed by atoms with E-state index in [1.165, 1.54) is 17.3 Å². The van der Waals surface area contributed by atoms with E-state index in [1.807, 2.05) is 65.6 Å². The summed E-state index contributed by atoms with van der Waals surface area (Å²) in [6.45, 7) is 2.07. The molecule has 0 spiro atoms. The molecule has 3 aromatic carbocycles. The van der Waals surface area contributed by atoms with E-state index in [-0.39, 0.29) is 18.3 Å². The standard InChI is InChI=1S/C24H20N2OS.ClH/c1-18-12-14-19(15-13-18)22-16-23(25-20-8-4-2-5-9-20)28-17-24(27)26(22)21-10-6-3-7-11-21;/h2-16H,17H2,1H3;1H. The first-order chi connectivity index (χ1) is 13.7. The van der Waals surface area contributed by atoms with E-state index in [2.05, 4.69) is 42.3 Å². The van der Waals surface area contributed by atoms with Gasteiger partial charge in [0.25, 0.3) is 0 Å². The first kappa shape index (κ1) is 20.9. The van der Waals surface area contributed by atoms with E-state index < -0.39 is 0 Å². The van der Waals surface area contributed by atoms with Crippen LogP contribution in [-0.2, 0) is 4.79 Å². The third-order valence-electron chi connectivity index (χ3n) is 4.51. The van der Waals surface area contributed by atoms with Crippen molar-refractivity contribution in [3.63, 3.8) is 0 Å². The number of amides is 1. The molecule has 4 rings (SSSR count). The minimum absolute atomic E-state index is 0. The van der Waals surface area contributed by atoms with Crippen molar-refractivity contribution in [2.75, 3.05) is 10.7 Å². The summed E-state index contributed by atoms with van der Waals surface area (Å²) in [6.07, 6.45) is 2.07. The molecule has 3 aromatic rings. The Morgan fingerprint density at radius 1 is 0.862 bits per heavy atom. The molecule has 0 bridgehead atoms. The zero-order valence-electron chi connectivity index (χ0n) is 16.0. The summed E-state index contributed by atoms with van der Waals surface area (Å²) in [6, 6.07) is 28.1. The summed E-state index contributed by atoms with van der Waals surface area (Å²) < 4.78 is 0. The van der Waals surface area contributed by atoms with Gasteiger partial charge in [-0.3, -0.25) is 9.69 Å². The van der Waals surface area contributed by atoms with Crippen molar-refractivity contribution in [1.29, 1.82) is 0 Å². The van der Waals surface area contributed by atoms with Crippen LogP contribution in [0.25, 0.3) is 5.70 Å². The average Bonchev–Trinajstić information content (AvgIpc) is 2.89. The molecule has 0 unspecified atom stereocenters. The fraction of sp³-hybridized carbons (Fsp3) is 0.0833. The monoisotopic (exact) mass is 420 g/mol. The SMILES string of the molecule is Cc1ccc(C2=CC(=[NH+]c3ccccc3)SCC(=O)N2c2ccccc2)cc1.[Cl-]. The van der Waals surface area contributed by atoms with Gasteiger partial charge >= 0.3 is 0 Å². The van der Waals surface area contributed by atoms with Crippen LogP contribution in [0, 0.1) is 6.92 Å². The summed E-state index contributed by atoms with van der Waals surface area (Å²) in [5.74, 6) is 0.434. The Morgan fingerprint density at radius 3 is 2.14 bits per heavy atom. The average molecular weight is 421 g/mol. The molecular formula is C24H21ClN2OS. The van der Waals surface area contributed by atoms with E-state index in [0.717, 1.165) is 27.7 Å². The molecule has 3 nitrogen and oxygen atoms in total. The van der Waals surface area contributed by atoms with Gasteiger partial charge in [0.05, 0.1) is 11.4 Å². The van der Waals surface area contributed by atoms with Gasteiger partial charge in [-0.1, -0.05) is 66.2 Å². The number of benzene rings is 3. The van der Waals surface area contributed by atoms with E-state index in [1.54, 1.807) is 0 Å².